The maximum atomic E-state index is 12.7. The van der Waals surface area contributed by atoms with Crippen LogP contribution < -0.4 is 16.0 Å². The molecule has 1 aliphatic rings. The number of likely N-dealkylation sites (N-methyl/N-ethyl adjacent to an activating group) is 1. The second kappa shape index (κ2) is 7.51. The summed E-state index contributed by atoms with van der Waals surface area (Å²) in [6.07, 6.45) is 3.87. The molecule has 6 heteroatoms. The number of aromatic nitrogens is 2. The highest BCUT2D eigenvalue weighted by molar-refractivity contribution is 5.94. The van der Waals surface area contributed by atoms with Crippen molar-refractivity contribution in [3.8, 4) is 0 Å². The lowest BCUT2D eigenvalue weighted by atomic mass is 9.94. The van der Waals surface area contributed by atoms with Crippen molar-refractivity contribution in [2.24, 2.45) is 0 Å². The Morgan fingerprint density at radius 2 is 1.96 bits per heavy atom. The van der Waals surface area contributed by atoms with E-state index in [1.807, 2.05) is 25.2 Å². The number of nitrogen functional groups attached to an aromatic ring is 1. The third kappa shape index (κ3) is 3.90. The zero-order chi connectivity index (χ0) is 17.8. The number of anilines is 2. The van der Waals surface area contributed by atoms with Gasteiger partial charge in [-0.1, -0.05) is 18.2 Å². The highest BCUT2D eigenvalue weighted by atomic mass is 16.1. The van der Waals surface area contributed by atoms with Crippen LogP contribution in [0.25, 0.3) is 0 Å². The van der Waals surface area contributed by atoms with Crippen LogP contribution in [0, 0.1) is 0 Å². The molecule has 0 spiro atoms. The summed E-state index contributed by atoms with van der Waals surface area (Å²) < 4.78 is 0. The molecule has 3 N–H and O–H groups in total. The maximum absolute atomic E-state index is 12.7. The molecular weight excluding hydrogens is 314 g/mol. The number of hydrogen-bond acceptors (Lipinski definition) is 5. The van der Waals surface area contributed by atoms with Gasteiger partial charge in [-0.05, 0) is 44.7 Å². The van der Waals surface area contributed by atoms with E-state index >= 15 is 0 Å². The Kier molecular flexibility index (Phi) is 5.16. The molecular formula is C19H25N5O. The zero-order valence-electron chi connectivity index (χ0n) is 14.8. The smallest absolute Gasteiger partial charge is 0.270 e. The SMILES string of the molecule is CC(CNC(=O)c1nc(N)nc2c1CCCC2)N(C)c1ccccc1. The number of carbonyl (C=O) groups is 1. The third-order valence-corrected chi connectivity index (χ3v) is 4.80. The highest BCUT2D eigenvalue weighted by Crippen LogP contribution is 2.23. The molecule has 0 radical (unpaired) electrons. The number of fused-ring (bicyclic) bond motifs is 1. The number of carbonyl (C=O) groups excluding carboxylic acids is 1. The number of nitrogens with two attached hydrogens (primary N) is 1. The summed E-state index contributed by atoms with van der Waals surface area (Å²) in [6.45, 7) is 2.61. The predicted octanol–water partition coefficient (Wildman–Crippen LogP) is 2.19. The van der Waals surface area contributed by atoms with Gasteiger partial charge in [0.25, 0.3) is 5.91 Å². The van der Waals surface area contributed by atoms with Crippen molar-refractivity contribution in [1.82, 2.24) is 15.3 Å². The molecule has 1 aromatic heterocycles. The van der Waals surface area contributed by atoms with Gasteiger partial charge in [-0.3, -0.25) is 4.79 Å². The summed E-state index contributed by atoms with van der Waals surface area (Å²) in [4.78, 5) is 23.3. The van der Waals surface area contributed by atoms with E-state index in [4.69, 9.17) is 5.73 Å². The zero-order valence-corrected chi connectivity index (χ0v) is 14.8. The van der Waals surface area contributed by atoms with E-state index in [9.17, 15) is 4.79 Å². The standard InChI is InChI=1S/C19H25N5O/c1-13(24(2)14-8-4-3-5-9-14)12-21-18(25)17-15-10-6-7-11-16(15)22-19(20)23-17/h3-5,8-9,13H,6-7,10-12H2,1-2H3,(H,21,25)(H2,20,22,23). The van der Waals surface area contributed by atoms with E-state index in [1.54, 1.807) is 0 Å². The maximum Gasteiger partial charge on any atom is 0.270 e. The quantitative estimate of drug-likeness (QED) is 0.872. The van der Waals surface area contributed by atoms with Crippen LogP contribution in [0.4, 0.5) is 11.6 Å². The number of rotatable bonds is 5. The van der Waals surface area contributed by atoms with Crippen molar-refractivity contribution >= 4 is 17.5 Å². The number of nitrogens with one attached hydrogen (secondary N) is 1. The number of aryl methyl sites for hydroxylation is 1. The second-order valence-corrected chi connectivity index (χ2v) is 6.57. The van der Waals surface area contributed by atoms with Crippen molar-refractivity contribution in [3.63, 3.8) is 0 Å². The Labute approximate surface area is 148 Å². The average molecular weight is 339 g/mol. The Balaban J connectivity index is 1.68. The first kappa shape index (κ1) is 17.2. The Morgan fingerprint density at radius 3 is 2.72 bits per heavy atom. The summed E-state index contributed by atoms with van der Waals surface area (Å²) in [6, 6.07) is 10.3. The molecule has 25 heavy (non-hydrogen) atoms. The summed E-state index contributed by atoms with van der Waals surface area (Å²) in [5.41, 5.74) is 9.24. The fourth-order valence-electron chi connectivity index (χ4n) is 3.18. The van der Waals surface area contributed by atoms with Crippen LogP contribution in [-0.4, -0.2) is 35.5 Å². The Hall–Kier alpha value is -2.63. The van der Waals surface area contributed by atoms with E-state index < -0.39 is 0 Å². The fourth-order valence-corrected chi connectivity index (χ4v) is 3.18. The van der Waals surface area contributed by atoms with Crippen molar-refractivity contribution in [3.05, 3.63) is 47.3 Å². The molecule has 6 nitrogen and oxygen atoms in total. The second-order valence-electron chi connectivity index (χ2n) is 6.57. The molecule has 0 fully saturated rings. The minimum absolute atomic E-state index is 0.154. The van der Waals surface area contributed by atoms with Gasteiger partial charge in [-0.15, -0.1) is 0 Å². The number of hydrogen-bond donors (Lipinski definition) is 2. The van der Waals surface area contributed by atoms with Crippen LogP contribution in [0.3, 0.4) is 0 Å². The first-order valence-electron chi connectivity index (χ1n) is 8.77. The number of para-hydroxylation sites is 1. The summed E-state index contributed by atoms with van der Waals surface area (Å²) >= 11 is 0. The molecule has 132 valence electrons. The monoisotopic (exact) mass is 339 g/mol. The van der Waals surface area contributed by atoms with Crippen LogP contribution in [0.15, 0.2) is 30.3 Å². The van der Waals surface area contributed by atoms with Gasteiger partial charge in [0.2, 0.25) is 5.95 Å². The van der Waals surface area contributed by atoms with Gasteiger partial charge in [0, 0.05) is 36.6 Å². The number of nitrogens with zero attached hydrogens (tertiary/aromatic N) is 3. The predicted molar refractivity (Wildman–Crippen MR) is 99.7 cm³/mol. The largest absolute Gasteiger partial charge is 0.370 e. The van der Waals surface area contributed by atoms with Crippen molar-refractivity contribution in [2.75, 3.05) is 24.2 Å². The highest BCUT2D eigenvalue weighted by Gasteiger charge is 2.22. The minimum Gasteiger partial charge on any atom is -0.370 e. The van der Waals surface area contributed by atoms with Crippen LogP contribution in [0.1, 0.15) is 41.5 Å². The van der Waals surface area contributed by atoms with E-state index in [1.165, 1.54) is 0 Å². The molecule has 1 unspecified atom stereocenters. The van der Waals surface area contributed by atoms with E-state index in [2.05, 4.69) is 39.2 Å². The van der Waals surface area contributed by atoms with Crippen molar-refractivity contribution in [2.45, 2.75) is 38.6 Å². The fraction of sp³-hybridized carbons (Fsp3) is 0.421. The Morgan fingerprint density at radius 1 is 1.24 bits per heavy atom. The van der Waals surface area contributed by atoms with E-state index in [-0.39, 0.29) is 17.9 Å². The van der Waals surface area contributed by atoms with Gasteiger partial charge < -0.3 is 16.0 Å². The van der Waals surface area contributed by atoms with E-state index in [0.29, 0.717) is 12.2 Å². The first-order valence-corrected chi connectivity index (χ1v) is 8.77. The number of amides is 1. The lowest BCUT2D eigenvalue weighted by Gasteiger charge is -2.27. The number of benzene rings is 1. The molecule has 2 aromatic rings. The average Bonchev–Trinajstić information content (AvgIpc) is 2.65. The van der Waals surface area contributed by atoms with Crippen LogP contribution in [0.5, 0.6) is 0 Å². The van der Waals surface area contributed by atoms with Gasteiger partial charge in [0.1, 0.15) is 5.69 Å². The summed E-state index contributed by atoms with van der Waals surface area (Å²) in [5, 5.41) is 3.00. The van der Waals surface area contributed by atoms with Crippen LogP contribution in [0.2, 0.25) is 0 Å². The molecule has 0 bridgehead atoms. The van der Waals surface area contributed by atoms with Gasteiger partial charge in [0.05, 0.1) is 0 Å². The lowest BCUT2D eigenvalue weighted by Crippen LogP contribution is -2.41. The van der Waals surface area contributed by atoms with Gasteiger partial charge in [-0.2, -0.15) is 0 Å². The van der Waals surface area contributed by atoms with Crippen LogP contribution >= 0.6 is 0 Å². The Bertz CT molecular complexity index is 747. The van der Waals surface area contributed by atoms with Gasteiger partial charge in [-0.25, -0.2) is 9.97 Å². The summed E-state index contributed by atoms with van der Waals surface area (Å²) in [7, 11) is 2.02. The molecule has 1 aromatic carbocycles. The minimum atomic E-state index is -0.166. The molecule has 0 aliphatic heterocycles. The lowest BCUT2D eigenvalue weighted by molar-refractivity contribution is 0.0945. The molecule has 1 heterocycles. The molecule has 0 saturated heterocycles. The first-order chi connectivity index (χ1) is 12.1. The van der Waals surface area contributed by atoms with Crippen molar-refractivity contribution in [1.29, 1.82) is 0 Å². The molecule has 1 amide bonds. The van der Waals surface area contributed by atoms with Gasteiger partial charge in [0.15, 0.2) is 0 Å². The molecule has 1 aliphatic carbocycles. The normalized spacial score (nSPS) is 14.5. The van der Waals surface area contributed by atoms with Crippen LogP contribution in [-0.2, 0) is 12.8 Å². The molecule has 3 rings (SSSR count). The van der Waals surface area contributed by atoms with E-state index in [0.717, 1.165) is 42.6 Å². The third-order valence-electron chi connectivity index (χ3n) is 4.80. The van der Waals surface area contributed by atoms with Crippen molar-refractivity contribution < 1.29 is 4.79 Å². The molecule has 1 atom stereocenters. The topological polar surface area (TPSA) is 84.1 Å². The van der Waals surface area contributed by atoms with Gasteiger partial charge >= 0.3 is 0 Å². The summed E-state index contributed by atoms with van der Waals surface area (Å²) in [5.74, 6) is 0.0146. The molecule has 0 saturated carbocycles.